The van der Waals surface area contributed by atoms with Crippen molar-refractivity contribution in [3.63, 3.8) is 0 Å². The molecule has 1 aromatic carbocycles. The van der Waals surface area contributed by atoms with Gasteiger partial charge in [-0.2, -0.15) is 0 Å². The summed E-state index contributed by atoms with van der Waals surface area (Å²) in [6, 6.07) is 6.13. The molecule has 1 fully saturated rings. The van der Waals surface area contributed by atoms with Crippen LogP contribution < -0.4 is 15.8 Å². The van der Waals surface area contributed by atoms with Gasteiger partial charge in [0.2, 0.25) is 0 Å². The first kappa shape index (κ1) is 13.7. The highest BCUT2D eigenvalue weighted by Gasteiger charge is 2.31. The van der Waals surface area contributed by atoms with Crippen LogP contribution in [0.3, 0.4) is 0 Å². The molecule has 1 aliphatic rings. The second-order valence-electron chi connectivity index (χ2n) is 4.61. The van der Waals surface area contributed by atoms with E-state index in [0.29, 0.717) is 19.6 Å². The van der Waals surface area contributed by atoms with Crippen LogP contribution in [0.15, 0.2) is 18.2 Å². The first-order valence-electron chi connectivity index (χ1n) is 6.62. The Morgan fingerprint density at radius 2 is 2.32 bits per heavy atom. The van der Waals surface area contributed by atoms with Gasteiger partial charge in [0.15, 0.2) is 0 Å². The maximum atomic E-state index is 11.8. The van der Waals surface area contributed by atoms with E-state index in [-0.39, 0.29) is 12.1 Å². The van der Waals surface area contributed by atoms with Gasteiger partial charge >= 0.3 is 6.03 Å². The highest BCUT2D eigenvalue weighted by Crippen LogP contribution is 2.28. The van der Waals surface area contributed by atoms with Gasteiger partial charge in [-0.05, 0) is 29.7 Å². The van der Waals surface area contributed by atoms with Crippen molar-refractivity contribution in [1.82, 2.24) is 10.2 Å². The molecule has 3 N–H and O–H groups in total. The summed E-state index contributed by atoms with van der Waals surface area (Å²) < 4.78 is 5.33. The molecule has 0 aromatic heterocycles. The van der Waals surface area contributed by atoms with Crippen LogP contribution in [0.2, 0.25) is 0 Å². The number of benzene rings is 1. The van der Waals surface area contributed by atoms with Gasteiger partial charge < -0.3 is 20.7 Å². The highest BCUT2D eigenvalue weighted by molar-refractivity contribution is 5.77. The predicted molar refractivity (Wildman–Crippen MR) is 74.3 cm³/mol. The van der Waals surface area contributed by atoms with Crippen LogP contribution in [0.1, 0.15) is 24.1 Å². The quantitative estimate of drug-likeness (QED) is 0.841. The summed E-state index contributed by atoms with van der Waals surface area (Å²) in [7, 11) is 1.68. The van der Waals surface area contributed by atoms with Gasteiger partial charge in [-0.15, -0.1) is 0 Å². The minimum atomic E-state index is -0.0377. The molecular weight excluding hydrogens is 242 g/mol. The number of aryl methyl sites for hydroxylation is 1. The van der Waals surface area contributed by atoms with E-state index in [1.54, 1.807) is 12.0 Å². The highest BCUT2D eigenvalue weighted by atomic mass is 16.5. The summed E-state index contributed by atoms with van der Waals surface area (Å²) >= 11 is 0. The van der Waals surface area contributed by atoms with E-state index >= 15 is 0 Å². The molecule has 19 heavy (non-hydrogen) atoms. The number of methoxy groups -OCH3 is 1. The van der Waals surface area contributed by atoms with Gasteiger partial charge in [-0.25, -0.2) is 4.79 Å². The van der Waals surface area contributed by atoms with Crippen LogP contribution in [-0.2, 0) is 6.42 Å². The topological polar surface area (TPSA) is 67.6 Å². The number of nitrogens with zero attached hydrogens (tertiary/aromatic N) is 1. The number of nitrogens with one attached hydrogen (secondary N) is 1. The van der Waals surface area contributed by atoms with E-state index in [9.17, 15) is 4.79 Å². The lowest BCUT2D eigenvalue weighted by Gasteiger charge is -2.23. The number of carbonyl (C=O) groups excluding carboxylic acids is 1. The second kappa shape index (κ2) is 5.93. The van der Waals surface area contributed by atoms with Crippen molar-refractivity contribution >= 4 is 6.03 Å². The number of amides is 2. The second-order valence-corrected chi connectivity index (χ2v) is 4.61. The SMILES string of the molecule is CCc1cc(C2CNC(=O)N2CCN)ccc1OC. The first-order valence-corrected chi connectivity index (χ1v) is 6.62. The van der Waals surface area contributed by atoms with Crippen LogP contribution >= 0.6 is 0 Å². The Kier molecular flexibility index (Phi) is 4.27. The maximum Gasteiger partial charge on any atom is 0.318 e. The molecule has 2 rings (SSSR count). The van der Waals surface area contributed by atoms with Crippen molar-refractivity contribution in [3.05, 3.63) is 29.3 Å². The summed E-state index contributed by atoms with van der Waals surface area (Å²) in [6.07, 6.45) is 0.905. The minimum Gasteiger partial charge on any atom is -0.496 e. The molecule has 0 aliphatic carbocycles. The minimum absolute atomic E-state index is 0.0377. The molecule has 0 spiro atoms. The number of carbonyl (C=O) groups is 1. The Bertz CT molecular complexity index is 462. The summed E-state index contributed by atoms with van der Waals surface area (Å²) in [6.45, 7) is 3.77. The molecule has 0 radical (unpaired) electrons. The summed E-state index contributed by atoms with van der Waals surface area (Å²) in [4.78, 5) is 13.6. The van der Waals surface area contributed by atoms with E-state index < -0.39 is 0 Å². The molecule has 1 heterocycles. The zero-order valence-corrected chi connectivity index (χ0v) is 11.5. The van der Waals surface area contributed by atoms with Gasteiger partial charge in [0, 0.05) is 19.6 Å². The number of hydrogen-bond donors (Lipinski definition) is 2. The molecule has 5 nitrogen and oxygen atoms in total. The Morgan fingerprint density at radius 1 is 1.53 bits per heavy atom. The molecular formula is C14H21N3O2. The van der Waals surface area contributed by atoms with Crippen molar-refractivity contribution in [3.8, 4) is 5.75 Å². The molecule has 1 atom stereocenters. The number of ether oxygens (including phenoxy) is 1. The lowest BCUT2D eigenvalue weighted by atomic mass is 10.0. The van der Waals surface area contributed by atoms with Crippen LogP contribution in [0.4, 0.5) is 4.79 Å². The lowest BCUT2D eigenvalue weighted by molar-refractivity contribution is 0.206. The first-order chi connectivity index (χ1) is 9.21. The summed E-state index contributed by atoms with van der Waals surface area (Å²) in [5.74, 6) is 0.897. The van der Waals surface area contributed by atoms with Crippen molar-refractivity contribution in [2.75, 3.05) is 26.7 Å². The van der Waals surface area contributed by atoms with Gasteiger partial charge in [0.05, 0.1) is 13.2 Å². The zero-order chi connectivity index (χ0) is 13.8. The number of hydrogen-bond acceptors (Lipinski definition) is 3. The number of rotatable bonds is 5. The number of nitrogens with two attached hydrogens (primary N) is 1. The largest absolute Gasteiger partial charge is 0.496 e. The van der Waals surface area contributed by atoms with E-state index in [4.69, 9.17) is 10.5 Å². The fourth-order valence-electron chi connectivity index (χ4n) is 2.51. The van der Waals surface area contributed by atoms with Gasteiger partial charge in [0.1, 0.15) is 5.75 Å². The van der Waals surface area contributed by atoms with Gasteiger partial charge in [-0.1, -0.05) is 13.0 Å². The van der Waals surface area contributed by atoms with Crippen molar-refractivity contribution in [1.29, 1.82) is 0 Å². The molecule has 2 amide bonds. The third kappa shape index (κ3) is 2.66. The Balaban J connectivity index is 2.28. The third-order valence-electron chi connectivity index (χ3n) is 3.52. The fraction of sp³-hybridized carbons (Fsp3) is 0.500. The summed E-state index contributed by atoms with van der Waals surface area (Å²) in [5, 5.41) is 2.87. The normalized spacial score (nSPS) is 18.6. The van der Waals surface area contributed by atoms with Crippen molar-refractivity contribution in [2.24, 2.45) is 5.73 Å². The monoisotopic (exact) mass is 263 g/mol. The predicted octanol–water partition coefficient (Wildman–Crippen LogP) is 1.28. The molecule has 0 saturated carbocycles. The standard InChI is InChI=1S/C14H21N3O2/c1-3-10-8-11(4-5-13(10)19-2)12-9-16-14(18)17(12)7-6-15/h4-5,8,12H,3,6-7,9,15H2,1-2H3,(H,16,18). The molecule has 1 aliphatic heterocycles. The third-order valence-corrected chi connectivity index (χ3v) is 3.52. The van der Waals surface area contributed by atoms with E-state index in [1.165, 1.54) is 0 Å². The average Bonchev–Trinajstić information content (AvgIpc) is 2.80. The maximum absolute atomic E-state index is 11.8. The van der Waals surface area contributed by atoms with Crippen LogP contribution in [0.5, 0.6) is 5.75 Å². The molecule has 1 unspecified atom stereocenters. The molecule has 5 heteroatoms. The van der Waals surface area contributed by atoms with E-state index in [2.05, 4.69) is 18.3 Å². The summed E-state index contributed by atoms with van der Waals surface area (Å²) in [5.41, 5.74) is 7.86. The molecule has 0 bridgehead atoms. The molecule has 1 aromatic rings. The average molecular weight is 263 g/mol. The Labute approximate surface area is 113 Å². The van der Waals surface area contributed by atoms with Gasteiger partial charge in [0.25, 0.3) is 0 Å². The molecule has 1 saturated heterocycles. The van der Waals surface area contributed by atoms with E-state index in [0.717, 1.165) is 23.3 Å². The van der Waals surface area contributed by atoms with Crippen molar-refractivity contribution < 1.29 is 9.53 Å². The van der Waals surface area contributed by atoms with Gasteiger partial charge in [-0.3, -0.25) is 0 Å². The lowest BCUT2D eigenvalue weighted by Crippen LogP contribution is -2.34. The molecule has 104 valence electrons. The smallest absolute Gasteiger partial charge is 0.318 e. The van der Waals surface area contributed by atoms with Crippen LogP contribution in [0.25, 0.3) is 0 Å². The number of urea groups is 1. The van der Waals surface area contributed by atoms with E-state index in [1.807, 2.05) is 12.1 Å². The Morgan fingerprint density at radius 3 is 2.95 bits per heavy atom. The fourth-order valence-corrected chi connectivity index (χ4v) is 2.51. The van der Waals surface area contributed by atoms with Crippen LogP contribution in [0, 0.1) is 0 Å². The van der Waals surface area contributed by atoms with Crippen molar-refractivity contribution in [2.45, 2.75) is 19.4 Å². The Hall–Kier alpha value is -1.75. The zero-order valence-electron chi connectivity index (χ0n) is 11.5. The van der Waals surface area contributed by atoms with Crippen LogP contribution in [-0.4, -0.2) is 37.7 Å².